The van der Waals surface area contributed by atoms with E-state index in [4.69, 9.17) is 23.7 Å². The minimum Gasteiger partial charge on any atom is -0.497 e. The molecule has 0 bridgehead atoms. The average molecular weight is 424 g/mol. The lowest BCUT2D eigenvalue weighted by Crippen LogP contribution is -2.46. The molecule has 0 radical (unpaired) electrons. The van der Waals surface area contributed by atoms with Crippen LogP contribution in [0.25, 0.3) is 0 Å². The fourth-order valence-electron chi connectivity index (χ4n) is 3.46. The topological polar surface area (TPSA) is 83.5 Å². The van der Waals surface area contributed by atoms with Crippen LogP contribution in [0.4, 0.5) is 4.79 Å². The first-order valence-corrected chi connectivity index (χ1v) is 9.98. The van der Waals surface area contributed by atoms with Crippen LogP contribution < -0.4 is 9.47 Å². The molecule has 1 heterocycles. The van der Waals surface area contributed by atoms with Gasteiger partial charge in [0.1, 0.15) is 17.1 Å². The maximum absolute atomic E-state index is 13.2. The van der Waals surface area contributed by atoms with E-state index < -0.39 is 36.0 Å². The predicted molar refractivity (Wildman–Crippen MR) is 110 cm³/mol. The Hall–Kier alpha value is -2.48. The van der Waals surface area contributed by atoms with Gasteiger partial charge in [-0.25, -0.2) is 9.59 Å². The zero-order chi connectivity index (χ0) is 22.6. The Morgan fingerprint density at radius 1 is 1.13 bits per heavy atom. The van der Waals surface area contributed by atoms with Crippen molar-refractivity contribution in [3.8, 4) is 11.5 Å². The fourth-order valence-corrected chi connectivity index (χ4v) is 3.46. The molecule has 168 valence electrons. The van der Waals surface area contributed by atoms with Crippen molar-refractivity contribution in [1.29, 1.82) is 0 Å². The molecule has 1 amide bonds. The third kappa shape index (κ3) is 5.36. The van der Waals surface area contributed by atoms with Crippen molar-refractivity contribution in [2.75, 3.05) is 21.3 Å². The summed E-state index contributed by atoms with van der Waals surface area (Å²) in [6.07, 6.45) is -1.86. The molecule has 1 aromatic rings. The van der Waals surface area contributed by atoms with Crippen LogP contribution in [0.3, 0.4) is 0 Å². The third-order valence-electron chi connectivity index (χ3n) is 4.69. The lowest BCUT2D eigenvalue weighted by atomic mass is 9.98. The summed E-state index contributed by atoms with van der Waals surface area (Å²) in [7, 11) is 4.38. The third-order valence-corrected chi connectivity index (χ3v) is 4.69. The minimum atomic E-state index is -0.943. The molecule has 0 N–H and O–H groups in total. The van der Waals surface area contributed by atoms with Gasteiger partial charge in [0.25, 0.3) is 0 Å². The molecule has 1 saturated heterocycles. The Morgan fingerprint density at radius 2 is 1.80 bits per heavy atom. The van der Waals surface area contributed by atoms with Gasteiger partial charge in [-0.15, -0.1) is 0 Å². The van der Waals surface area contributed by atoms with Gasteiger partial charge in [-0.1, -0.05) is 13.8 Å². The summed E-state index contributed by atoms with van der Waals surface area (Å²) in [6, 6.07) is 4.65. The van der Waals surface area contributed by atoms with Crippen molar-refractivity contribution in [3.05, 3.63) is 23.8 Å². The number of ether oxygens (including phenoxy) is 5. The Balaban J connectivity index is 2.57. The molecule has 8 heteroatoms. The van der Waals surface area contributed by atoms with E-state index in [-0.39, 0.29) is 5.92 Å². The number of methoxy groups -OCH3 is 3. The summed E-state index contributed by atoms with van der Waals surface area (Å²) in [5.74, 6) is 0.735. The number of carbonyl (C=O) groups is 2. The summed E-state index contributed by atoms with van der Waals surface area (Å²) >= 11 is 0. The molecular weight excluding hydrogens is 390 g/mol. The normalized spacial score (nSPS) is 21.5. The number of esters is 1. The Labute approximate surface area is 178 Å². The largest absolute Gasteiger partial charge is 0.497 e. The summed E-state index contributed by atoms with van der Waals surface area (Å²) < 4.78 is 27.5. The van der Waals surface area contributed by atoms with Crippen LogP contribution in [0.1, 0.15) is 52.8 Å². The number of hydrogen-bond acceptors (Lipinski definition) is 7. The summed E-state index contributed by atoms with van der Waals surface area (Å²) in [5, 5.41) is 0. The smallest absolute Gasteiger partial charge is 0.413 e. The van der Waals surface area contributed by atoms with Gasteiger partial charge in [0.15, 0.2) is 12.3 Å². The Kier molecular flexibility index (Phi) is 7.58. The number of hydrogen-bond donors (Lipinski definition) is 0. The molecule has 3 unspecified atom stereocenters. The van der Waals surface area contributed by atoms with Crippen LogP contribution in [-0.2, 0) is 19.0 Å². The highest BCUT2D eigenvalue weighted by molar-refractivity contribution is 5.78. The van der Waals surface area contributed by atoms with E-state index in [1.165, 1.54) is 19.1 Å². The van der Waals surface area contributed by atoms with Crippen molar-refractivity contribution in [2.24, 2.45) is 5.92 Å². The number of rotatable bonds is 6. The van der Waals surface area contributed by atoms with Gasteiger partial charge < -0.3 is 23.7 Å². The van der Waals surface area contributed by atoms with E-state index in [2.05, 4.69) is 0 Å². The molecule has 3 atom stereocenters. The molecule has 0 saturated carbocycles. The standard InChI is InChI=1S/C22H33NO7/c1-13(2)11-16-18(20(24)28-8)29-19(23(16)21(25)30-22(3,4)5)15-10-9-14(26-6)12-17(15)27-7/h9-10,12-13,16,18-19H,11H2,1-8H3. The second-order valence-corrected chi connectivity index (χ2v) is 8.62. The van der Waals surface area contributed by atoms with Crippen LogP contribution in [-0.4, -0.2) is 56.0 Å². The van der Waals surface area contributed by atoms with Crippen LogP contribution in [0, 0.1) is 5.92 Å². The molecule has 0 spiro atoms. The second kappa shape index (κ2) is 9.55. The van der Waals surface area contributed by atoms with Crippen LogP contribution in [0.15, 0.2) is 18.2 Å². The summed E-state index contributed by atoms with van der Waals surface area (Å²) in [4.78, 5) is 27.2. The van der Waals surface area contributed by atoms with Crippen LogP contribution >= 0.6 is 0 Å². The fraction of sp³-hybridized carbons (Fsp3) is 0.636. The Bertz CT molecular complexity index is 756. The average Bonchev–Trinajstić information content (AvgIpc) is 3.03. The highest BCUT2D eigenvalue weighted by Gasteiger charge is 2.51. The van der Waals surface area contributed by atoms with Gasteiger partial charge in [-0.2, -0.15) is 0 Å². The second-order valence-electron chi connectivity index (χ2n) is 8.62. The van der Waals surface area contributed by atoms with Crippen molar-refractivity contribution in [2.45, 2.75) is 65.0 Å². The van der Waals surface area contributed by atoms with E-state index in [1.54, 1.807) is 46.1 Å². The van der Waals surface area contributed by atoms with Gasteiger partial charge in [-0.05, 0) is 45.2 Å². The number of carbonyl (C=O) groups excluding carboxylic acids is 2. The molecule has 1 aliphatic rings. The van der Waals surface area contributed by atoms with E-state index in [1.807, 2.05) is 13.8 Å². The maximum atomic E-state index is 13.2. The van der Waals surface area contributed by atoms with E-state index >= 15 is 0 Å². The zero-order valence-corrected chi connectivity index (χ0v) is 19.1. The highest BCUT2D eigenvalue weighted by Crippen LogP contribution is 2.42. The summed E-state index contributed by atoms with van der Waals surface area (Å²) in [5.41, 5.74) is -0.124. The van der Waals surface area contributed by atoms with E-state index in [0.29, 0.717) is 23.5 Å². The van der Waals surface area contributed by atoms with Gasteiger partial charge in [0.05, 0.1) is 27.4 Å². The van der Waals surface area contributed by atoms with Crippen molar-refractivity contribution in [1.82, 2.24) is 4.90 Å². The lowest BCUT2D eigenvalue weighted by molar-refractivity contribution is -0.154. The number of amides is 1. The zero-order valence-electron chi connectivity index (χ0n) is 19.1. The Morgan fingerprint density at radius 3 is 2.30 bits per heavy atom. The van der Waals surface area contributed by atoms with Gasteiger partial charge in [0, 0.05) is 11.6 Å². The first-order valence-electron chi connectivity index (χ1n) is 9.98. The SMILES string of the molecule is COC(=O)C1OC(c2ccc(OC)cc2OC)N(C(=O)OC(C)(C)C)C1CC(C)C. The molecule has 8 nitrogen and oxygen atoms in total. The molecule has 1 aromatic carbocycles. The molecule has 0 aliphatic carbocycles. The first kappa shape index (κ1) is 23.8. The van der Waals surface area contributed by atoms with E-state index in [0.717, 1.165) is 0 Å². The molecular formula is C22H33NO7. The van der Waals surface area contributed by atoms with Crippen molar-refractivity contribution >= 4 is 12.1 Å². The van der Waals surface area contributed by atoms with Crippen LogP contribution in [0.2, 0.25) is 0 Å². The number of nitrogens with zero attached hydrogens (tertiary/aromatic N) is 1. The molecule has 30 heavy (non-hydrogen) atoms. The van der Waals surface area contributed by atoms with Crippen molar-refractivity contribution in [3.63, 3.8) is 0 Å². The maximum Gasteiger partial charge on any atom is 0.413 e. The monoisotopic (exact) mass is 423 g/mol. The minimum absolute atomic E-state index is 0.201. The molecule has 2 rings (SSSR count). The molecule has 1 aliphatic heterocycles. The first-order chi connectivity index (χ1) is 14.0. The van der Waals surface area contributed by atoms with Crippen molar-refractivity contribution < 1.29 is 33.3 Å². The highest BCUT2D eigenvalue weighted by atomic mass is 16.6. The van der Waals surface area contributed by atoms with Gasteiger partial charge >= 0.3 is 12.1 Å². The molecule has 0 aromatic heterocycles. The summed E-state index contributed by atoms with van der Waals surface area (Å²) in [6.45, 7) is 9.41. The van der Waals surface area contributed by atoms with Crippen LogP contribution in [0.5, 0.6) is 11.5 Å². The quantitative estimate of drug-likeness (QED) is 0.641. The number of benzene rings is 1. The van der Waals surface area contributed by atoms with E-state index in [9.17, 15) is 9.59 Å². The lowest BCUT2D eigenvalue weighted by Gasteiger charge is -2.32. The molecule has 1 fully saturated rings. The predicted octanol–water partition coefficient (Wildman–Crippen LogP) is 3.93. The van der Waals surface area contributed by atoms with Gasteiger partial charge in [0.2, 0.25) is 0 Å². The van der Waals surface area contributed by atoms with Gasteiger partial charge in [-0.3, -0.25) is 4.90 Å².